The van der Waals surface area contributed by atoms with Gasteiger partial charge in [-0.15, -0.1) is 0 Å². The molecule has 3 amide bonds. The van der Waals surface area contributed by atoms with E-state index in [4.69, 9.17) is 4.74 Å². The summed E-state index contributed by atoms with van der Waals surface area (Å²) in [6.07, 6.45) is 1.13. The minimum absolute atomic E-state index is 0.0833. The van der Waals surface area contributed by atoms with Crippen molar-refractivity contribution in [2.24, 2.45) is 5.92 Å². The Kier molecular flexibility index (Phi) is 8.03. The quantitative estimate of drug-likeness (QED) is 0.521. The average molecular weight is 507 g/mol. The Morgan fingerprint density at radius 2 is 1.92 bits per heavy atom. The van der Waals surface area contributed by atoms with Crippen LogP contribution in [0.5, 0.6) is 5.88 Å². The van der Waals surface area contributed by atoms with Gasteiger partial charge in [-0.05, 0) is 30.7 Å². The van der Waals surface area contributed by atoms with Crippen LogP contribution in [-0.4, -0.2) is 70.7 Å². The predicted octanol–water partition coefficient (Wildman–Crippen LogP) is 4.27. The Bertz CT molecular complexity index is 1260. The van der Waals surface area contributed by atoms with E-state index in [0.29, 0.717) is 6.54 Å². The molecule has 2 aromatic carbocycles. The molecule has 2 heterocycles. The largest absolute Gasteiger partial charge is 0.472 e. The monoisotopic (exact) mass is 506 g/mol. The number of aliphatic hydroxyl groups is 1. The number of carbonyl (C=O) groups is 2. The lowest BCUT2D eigenvalue weighted by atomic mass is 9.99. The predicted molar refractivity (Wildman–Crippen MR) is 139 cm³/mol. The number of halogens is 1. The number of aromatic nitrogens is 1. The van der Waals surface area contributed by atoms with E-state index in [9.17, 15) is 19.1 Å². The molecule has 2 N–H and O–H groups in total. The highest BCUT2D eigenvalue weighted by Crippen LogP contribution is 2.30. The van der Waals surface area contributed by atoms with Crippen LogP contribution in [0.4, 0.5) is 14.9 Å². The second-order valence-corrected chi connectivity index (χ2v) is 9.36. The van der Waals surface area contributed by atoms with Gasteiger partial charge in [-0.1, -0.05) is 49.4 Å². The lowest BCUT2D eigenvalue weighted by Gasteiger charge is -2.37. The highest BCUT2D eigenvalue weighted by molar-refractivity contribution is 5.98. The topological polar surface area (TPSA) is 95.0 Å². The van der Waals surface area contributed by atoms with Gasteiger partial charge in [0.05, 0.1) is 24.9 Å². The van der Waals surface area contributed by atoms with Gasteiger partial charge in [0.25, 0.3) is 5.91 Å². The lowest BCUT2D eigenvalue weighted by molar-refractivity contribution is 0.0356. The molecule has 3 aromatic rings. The summed E-state index contributed by atoms with van der Waals surface area (Å²) in [6, 6.07) is 16.4. The van der Waals surface area contributed by atoms with Crippen molar-refractivity contribution in [1.82, 2.24) is 14.8 Å². The van der Waals surface area contributed by atoms with Crippen LogP contribution < -0.4 is 10.1 Å². The van der Waals surface area contributed by atoms with Gasteiger partial charge in [-0.2, -0.15) is 0 Å². The van der Waals surface area contributed by atoms with Crippen molar-refractivity contribution in [1.29, 1.82) is 0 Å². The maximum absolute atomic E-state index is 14.0. The number of nitrogens with one attached hydrogen (secondary N) is 1. The number of pyridine rings is 1. The van der Waals surface area contributed by atoms with Crippen LogP contribution in [0.25, 0.3) is 11.1 Å². The van der Waals surface area contributed by atoms with Crippen molar-refractivity contribution in [2.75, 3.05) is 32.1 Å². The molecule has 0 radical (unpaired) electrons. The zero-order valence-electron chi connectivity index (χ0n) is 21.1. The molecule has 0 saturated heterocycles. The number of hydrogen-bond donors (Lipinski definition) is 2. The number of likely N-dealkylation sites (N-methyl/N-ethyl adjacent to an activating group) is 1. The number of fused-ring (bicyclic) bond motifs is 1. The van der Waals surface area contributed by atoms with Crippen molar-refractivity contribution >= 4 is 17.6 Å². The average Bonchev–Trinajstić information content (AvgIpc) is 2.91. The highest BCUT2D eigenvalue weighted by Gasteiger charge is 2.34. The number of para-hydroxylation sites is 1. The number of rotatable bonds is 6. The zero-order chi connectivity index (χ0) is 26.5. The third-order valence-electron chi connectivity index (χ3n) is 6.54. The molecule has 1 aliphatic heterocycles. The van der Waals surface area contributed by atoms with E-state index in [1.165, 1.54) is 17.0 Å². The van der Waals surface area contributed by atoms with E-state index in [1.807, 2.05) is 37.3 Å². The summed E-state index contributed by atoms with van der Waals surface area (Å²) in [7, 11) is 1.59. The van der Waals surface area contributed by atoms with Crippen molar-refractivity contribution < 1.29 is 23.8 Å². The summed E-state index contributed by atoms with van der Waals surface area (Å²) >= 11 is 0. The first kappa shape index (κ1) is 26.1. The second-order valence-electron chi connectivity index (χ2n) is 9.36. The van der Waals surface area contributed by atoms with Crippen LogP contribution in [-0.2, 0) is 0 Å². The maximum Gasteiger partial charge on any atom is 0.321 e. The van der Waals surface area contributed by atoms with E-state index in [2.05, 4.69) is 10.3 Å². The number of anilines is 1. The van der Waals surface area contributed by atoms with Crippen molar-refractivity contribution in [3.05, 3.63) is 78.2 Å². The molecule has 1 aliphatic rings. The number of hydrogen-bond acceptors (Lipinski definition) is 5. The molecular weight excluding hydrogens is 475 g/mol. The van der Waals surface area contributed by atoms with Crippen LogP contribution in [0.1, 0.15) is 24.2 Å². The Balaban J connectivity index is 1.62. The number of benzene rings is 2. The van der Waals surface area contributed by atoms with Gasteiger partial charge >= 0.3 is 6.03 Å². The minimum atomic E-state index is -0.528. The van der Waals surface area contributed by atoms with Gasteiger partial charge in [-0.3, -0.25) is 4.79 Å². The molecule has 0 fully saturated rings. The zero-order valence-corrected chi connectivity index (χ0v) is 21.1. The maximum atomic E-state index is 14.0. The molecule has 0 saturated carbocycles. The third kappa shape index (κ3) is 5.89. The van der Waals surface area contributed by atoms with Crippen LogP contribution in [0.15, 0.2) is 66.9 Å². The minimum Gasteiger partial charge on any atom is -0.472 e. The third-order valence-corrected chi connectivity index (χ3v) is 6.54. The first-order valence-corrected chi connectivity index (χ1v) is 12.2. The van der Waals surface area contributed by atoms with Gasteiger partial charge in [0.15, 0.2) is 0 Å². The van der Waals surface area contributed by atoms with Gasteiger partial charge in [0.2, 0.25) is 5.88 Å². The smallest absolute Gasteiger partial charge is 0.321 e. The fraction of sp³-hybridized carbons (Fsp3) is 0.321. The Morgan fingerprint density at radius 1 is 1.22 bits per heavy atom. The first-order valence-electron chi connectivity index (χ1n) is 12.2. The van der Waals surface area contributed by atoms with E-state index >= 15 is 0 Å². The number of urea groups is 1. The van der Waals surface area contributed by atoms with Gasteiger partial charge in [0.1, 0.15) is 17.5 Å². The molecule has 0 aliphatic carbocycles. The molecule has 9 heteroatoms. The SMILES string of the molecule is C[C@@H]1CN([C@H](C)CO)C(=O)c2cc(-c3ccccc3)cnc2O[C@@H]1CN(C)C(=O)Nc1ccccc1F. The van der Waals surface area contributed by atoms with Crippen LogP contribution in [0.2, 0.25) is 0 Å². The molecule has 37 heavy (non-hydrogen) atoms. The van der Waals surface area contributed by atoms with Crippen molar-refractivity contribution in [3.63, 3.8) is 0 Å². The van der Waals surface area contributed by atoms with Gasteiger partial charge < -0.3 is 25.0 Å². The lowest BCUT2D eigenvalue weighted by Crippen LogP contribution is -2.50. The summed E-state index contributed by atoms with van der Waals surface area (Å²) in [5.74, 6) is -0.846. The molecule has 0 spiro atoms. The summed E-state index contributed by atoms with van der Waals surface area (Å²) < 4.78 is 20.3. The number of nitrogens with zero attached hydrogens (tertiary/aromatic N) is 3. The fourth-order valence-electron chi connectivity index (χ4n) is 4.23. The molecule has 3 atom stereocenters. The van der Waals surface area contributed by atoms with Crippen molar-refractivity contribution in [3.8, 4) is 17.0 Å². The van der Waals surface area contributed by atoms with E-state index in [-0.39, 0.29) is 42.1 Å². The van der Waals surface area contributed by atoms with Crippen LogP contribution in [0, 0.1) is 11.7 Å². The Hall–Kier alpha value is -3.98. The normalized spacial score (nSPS) is 18.2. The molecule has 194 valence electrons. The Labute approximate surface area is 215 Å². The van der Waals surface area contributed by atoms with Gasteiger partial charge in [0, 0.05) is 31.3 Å². The molecule has 1 aromatic heterocycles. The molecule has 0 unspecified atom stereocenters. The number of amides is 3. The molecule has 0 bridgehead atoms. The second kappa shape index (κ2) is 11.4. The van der Waals surface area contributed by atoms with Crippen LogP contribution in [0.3, 0.4) is 0 Å². The first-order chi connectivity index (χ1) is 17.8. The van der Waals surface area contributed by atoms with E-state index in [0.717, 1.165) is 11.1 Å². The fourth-order valence-corrected chi connectivity index (χ4v) is 4.23. The van der Waals surface area contributed by atoms with Crippen LogP contribution >= 0.6 is 0 Å². The summed E-state index contributed by atoms with van der Waals surface area (Å²) in [5, 5.41) is 12.4. The number of aliphatic hydroxyl groups excluding tert-OH is 1. The van der Waals surface area contributed by atoms with E-state index in [1.54, 1.807) is 43.3 Å². The number of carbonyl (C=O) groups excluding carboxylic acids is 2. The standard InChI is InChI=1S/C28H31FN4O4/c1-18-15-33(19(2)17-34)27(35)22-13-21(20-9-5-4-6-10-20)14-30-26(22)37-25(18)16-32(3)28(36)31-24-12-8-7-11-23(24)29/h4-14,18-19,25,34H,15-17H2,1-3H3,(H,31,36)/t18-,19-,25-/m1/s1. The molecule has 8 nitrogen and oxygen atoms in total. The van der Waals surface area contributed by atoms with Crippen molar-refractivity contribution in [2.45, 2.75) is 26.0 Å². The van der Waals surface area contributed by atoms with E-state index < -0.39 is 24.0 Å². The highest BCUT2D eigenvalue weighted by atomic mass is 19.1. The summed E-state index contributed by atoms with van der Waals surface area (Å²) in [4.78, 5) is 33.9. The summed E-state index contributed by atoms with van der Waals surface area (Å²) in [6.45, 7) is 3.98. The number of ether oxygens (including phenoxy) is 1. The Morgan fingerprint density at radius 3 is 2.62 bits per heavy atom. The van der Waals surface area contributed by atoms with Gasteiger partial charge in [-0.25, -0.2) is 14.2 Å². The molecular formula is C28H31FN4O4. The molecule has 4 rings (SSSR count). The summed E-state index contributed by atoms with van der Waals surface area (Å²) in [5.41, 5.74) is 2.04.